The molecule has 0 heterocycles. The number of azo groups is 2. The summed E-state index contributed by atoms with van der Waals surface area (Å²) >= 11 is 12.2. The van der Waals surface area contributed by atoms with Crippen LogP contribution in [-0.4, -0.2) is 93.8 Å². The van der Waals surface area contributed by atoms with Crippen molar-refractivity contribution < 1.29 is 55.5 Å². The third-order valence-electron chi connectivity index (χ3n) is 10.9. The molecule has 0 fully saturated rings. The Morgan fingerprint density at radius 2 is 1.08 bits per heavy atom. The molecular weight excluding hydrogens is 1080 g/mol. The Labute approximate surface area is 470 Å². The Kier molecular flexibility index (Phi) is 19.0. The molecule has 4 N–H and O–H groups in total. The van der Waals surface area contributed by atoms with Crippen LogP contribution in [0.25, 0.3) is 21.5 Å². The summed E-state index contributed by atoms with van der Waals surface area (Å²) in [4.78, 5) is 16.4. The SMILES string of the molecule is CCOc1ccccc1N=C([O-])c1cc2ccccc2c(N=Nc2cc(Cl)c(C)c(S(=O)(=O)O)c2)c1[O-].CCOc1ccccc1NC(=O)c1cc2ccccc2c(N=Nc2cc(Cl)c(C)c(S(=O)(=O)O)c2)c1O.[Ca+2]. The second kappa shape index (κ2) is 24.7. The molecule has 0 saturated heterocycles. The number of hydrogen-bond donors (Lipinski definition) is 4. The van der Waals surface area contributed by atoms with E-state index in [4.69, 9.17) is 32.7 Å². The van der Waals surface area contributed by atoms with Crippen LogP contribution in [0.5, 0.6) is 23.0 Å². The minimum atomic E-state index is -4.57. The van der Waals surface area contributed by atoms with Crippen molar-refractivity contribution in [2.75, 3.05) is 18.5 Å². The van der Waals surface area contributed by atoms with E-state index in [2.05, 4.69) is 30.8 Å². The zero-order valence-corrected chi connectivity index (χ0v) is 45.5. The summed E-state index contributed by atoms with van der Waals surface area (Å²) in [6.45, 7) is 7.27. The largest absolute Gasteiger partial charge is 2.00 e. The molecule has 0 unspecified atom stereocenters. The molecule has 0 aliphatic carbocycles. The first kappa shape index (κ1) is 57.6. The number of anilines is 1. The number of rotatable bonds is 14. The van der Waals surface area contributed by atoms with E-state index in [1.54, 1.807) is 104 Å². The Hall–Kier alpha value is -6.72. The Bertz CT molecular complexity index is 3830. The fraction of sp³-hybridized carbons (Fsp3) is 0.115. The predicted octanol–water partition coefficient (Wildman–Crippen LogP) is 11.8. The van der Waals surface area contributed by atoms with Crippen LogP contribution >= 0.6 is 23.2 Å². The number of carbonyl (C=O) groups is 1. The van der Waals surface area contributed by atoms with E-state index in [-0.39, 0.29) is 98.5 Å². The summed E-state index contributed by atoms with van der Waals surface area (Å²) < 4.78 is 76.9. The Balaban J connectivity index is 0.000000241. The topological polar surface area (TPSA) is 284 Å². The number of phenols is 1. The van der Waals surface area contributed by atoms with Gasteiger partial charge in [-0.1, -0.05) is 102 Å². The van der Waals surface area contributed by atoms with Gasteiger partial charge in [0, 0.05) is 20.8 Å². The zero-order chi connectivity index (χ0) is 53.5. The third kappa shape index (κ3) is 13.6. The molecule has 8 aromatic carbocycles. The number of ether oxygens (including phenoxy) is 2. The van der Waals surface area contributed by atoms with Crippen LogP contribution in [0.1, 0.15) is 40.9 Å². The summed E-state index contributed by atoms with van der Waals surface area (Å²) in [6.07, 6.45) is 0. The number of fused-ring (bicyclic) bond motifs is 2. The van der Waals surface area contributed by atoms with E-state index in [0.717, 1.165) is 12.1 Å². The maximum atomic E-state index is 13.4. The van der Waals surface area contributed by atoms with Gasteiger partial charge in [0.2, 0.25) is 0 Å². The fourth-order valence-electron chi connectivity index (χ4n) is 7.34. The number of phenolic OH excluding ortho intramolecular Hbond substituents is 1. The molecule has 0 aliphatic rings. The number of nitrogens with zero attached hydrogens (tertiary/aromatic N) is 5. The quantitative estimate of drug-likeness (QED) is 0.0260. The first-order chi connectivity index (χ1) is 35.2. The van der Waals surface area contributed by atoms with Crippen LogP contribution in [-0.2, 0) is 20.2 Å². The van der Waals surface area contributed by atoms with E-state index in [1.165, 1.54) is 38.1 Å². The first-order valence-corrected chi connectivity index (χ1v) is 25.7. The van der Waals surface area contributed by atoms with Crippen LogP contribution in [0.4, 0.5) is 34.1 Å². The monoisotopic (exact) mass is 1120 g/mol. The van der Waals surface area contributed by atoms with Gasteiger partial charge < -0.3 is 30.1 Å². The van der Waals surface area contributed by atoms with Gasteiger partial charge in [-0.2, -0.15) is 32.2 Å². The van der Waals surface area contributed by atoms with Crippen LogP contribution < -0.4 is 25.0 Å². The van der Waals surface area contributed by atoms with E-state index in [9.17, 15) is 46.1 Å². The van der Waals surface area contributed by atoms with Crippen LogP contribution in [0.3, 0.4) is 0 Å². The van der Waals surface area contributed by atoms with Gasteiger partial charge in [0.25, 0.3) is 26.1 Å². The van der Waals surface area contributed by atoms with Crippen molar-refractivity contribution in [2.45, 2.75) is 37.5 Å². The standard InChI is InChI=1S/2C26H22ClN3O6S.Ca/c2*1-3-36-22-11-7-6-10-21(22)28-26(32)19-12-16-8-4-5-9-18(16)24(25(19)31)30-29-17-13-20(27)15(2)23(14-17)37(33,34)35;/h2*4-14,31H,3H2,1-2H3,(H,28,32)(H,33,34,35);/q;;+2/p-2. The van der Waals surface area contributed by atoms with Crippen molar-refractivity contribution in [3.8, 4) is 23.0 Å². The van der Waals surface area contributed by atoms with Gasteiger partial charge in [-0.05, 0) is 122 Å². The van der Waals surface area contributed by atoms with Gasteiger partial charge in [0.1, 0.15) is 32.7 Å². The number of nitrogens with one attached hydrogen (secondary N) is 1. The fourth-order valence-corrected chi connectivity index (χ4v) is 9.42. The molecule has 0 radical (unpaired) electrons. The molecule has 0 aromatic heterocycles. The summed E-state index contributed by atoms with van der Waals surface area (Å²) in [6, 6.07) is 35.2. The van der Waals surface area contributed by atoms with Crippen molar-refractivity contribution in [2.24, 2.45) is 25.4 Å². The van der Waals surface area contributed by atoms with Crippen LogP contribution in [0.2, 0.25) is 10.0 Å². The molecule has 75 heavy (non-hydrogen) atoms. The summed E-state index contributed by atoms with van der Waals surface area (Å²) in [5.41, 5.74) is 0.576. The van der Waals surface area contributed by atoms with Crippen molar-refractivity contribution >= 4 is 149 Å². The molecule has 23 heteroatoms. The zero-order valence-electron chi connectivity index (χ0n) is 40.1. The minimum absolute atomic E-state index is 0. The maximum absolute atomic E-state index is 13.4. The van der Waals surface area contributed by atoms with Crippen molar-refractivity contribution in [3.05, 3.63) is 166 Å². The molecule has 0 spiro atoms. The van der Waals surface area contributed by atoms with Gasteiger partial charge in [-0.15, -0.1) is 5.11 Å². The van der Waals surface area contributed by atoms with Crippen molar-refractivity contribution in [1.29, 1.82) is 0 Å². The number of benzene rings is 8. The number of amides is 1. The second-order valence-electron chi connectivity index (χ2n) is 15.8. The van der Waals surface area contributed by atoms with Gasteiger partial charge in [-0.25, -0.2) is 0 Å². The van der Waals surface area contributed by atoms with E-state index in [0.29, 0.717) is 51.9 Å². The molecule has 8 rings (SSSR count). The van der Waals surface area contributed by atoms with Gasteiger partial charge in [0.15, 0.2) is 5.75 Å². The summed E-state index contributed by atoms with van der Waals surface area (Å²) in [7, 11) is -9.13. The van der Waals surface area contributed by atoms with Gasteiger partial charge >= 0.3 is 37.7 Å². The maximum Gasteiger partial charge on any atom is 2.00 e. The molecule has 0 atom stereocenters. The molecule has 8 aromatic rings. The van der Waals surface area contributed by atoms with E-state index in [1.807, 2.05) is 6.92 Å². The minimum Gasteiger partial charge on any atom is -0.871 e. The van der Waals surface area contributed by atoms with Crippen molar-refractivity contribution in [3.63, 3.8) is 0 Å². The number of halogens is 2. The smallest absolute Gasteiger partial charge is 0.871 e. The van der Waals surface area contributed by atoms with E-state index < -0.39 is 53.3 Å². The molecule has 0 saturated carbocycles. The molecule has 18 nitrogen and oxygen atoms in total. The number of para-hydroxylation sites is 4. The normalized spacial score (nSPS) is 11.9. The van der Waals surface area contributed by atoms with Gasteiger partial charge in [-0.3, -0.25) is 18.9 Å². The van der Waals surface area contributed by atoms with Gasteiger partial charge in [0.05, 0.1) is 41.5 Å². The Morgan fingerprint density at radius 1 is 0.627 bits per heavy atom. The number of hydrogen-bond acceptors (Lipinski definition) is 15. The van der Waals surface area contributed by atoms with Crippen LogP contribution in [0, 0.1) is 13.8 Å². The predicted molar refractivity (Wildman–Crippen MR) is 284 cm³/mol. The molecule has 0 bridgehead atoms. The van der Waals surface area contributed by atoms with Crippen LogP contribution in [0.15, 0.2) is 169 Å². The third-order valence-corrected chi connectivity index (χ3v) is 13.7. The molecule has 380 valence electrons. The summed E-state index contributed by atoms with van der Waals surface area (Å²) in [5.74, 6) is -1.65. The summed E-state index contributed by atoms with van der Waals surface area (Å²) in [5, 5.41) is 58.7. The number of aromatic hydroxyl groups is 1. The number of carbonyl (C=O) groups excluding carboxylic acids is 1. The van der Waals surface area contributed by atoms with E-state index >= 15 is 0 Å². The van der Waals surface area contributed by atoms with Crippen molar-refractivity contribution in [1.82, 2.24) is 0 Å². The first-order valence-electron chi connectivity index (χ1n) is 22.1. The Morgan fingerprint density at radius 3 is 1.63 bits per heavy atom. The second-order valence-corrected chi connectivity index (χ2v) is 19.4. The molecule has 0 aliphatic heterocycles. The average molecular weight is 1120 g/mol. The molecular formula is C52H42CaCl2N6O12S2. The average Bonchev–Trinajstić information content (AvgIpc) is 3.35. The molecule has 1 amide bonds. The number of aliphatic imine (C=N–C) groups is 1.